The van der Waals surface area contributed by atoms with Crippen molar-refractivity contribution in [3.05, 3.63) is 41.5 Å². The highest BCUT2D eigenvalue weighted by Gasteiger charge is 2.27. The van der Waals surface area contributed by atoms with Gasteiger partial charge in [0.05, 0.1) is 11.3 Å². The summed E-state index contributed by atoms with van der Waals surface area (Å²) in [5, 5.41) is 27.7. The third-order valence-electron chi connectivity index (χ3n) is 4.91. The Balaban J connectivity index is 1.41. The van der Waals surface area contributed by atoms with Crippen molar-refractivity contribution >= 4 is 29.0 Å². The molecule has 2 N–H and O–H groups in total. The van der Waals surface area contributed by atoms with E-state index < -0.39 is 5.97 Å². The van der Waals surface area contributed by atoms with Crippen LogP contribution in [0.5, 0.6) is 0 Å². The van der Waals surface area contributed by atoms with Crippen LogP contribution in [0.25, 0.3) is 5.65 Å². The Bertz CT molecular complexity index is 1040. The van der Waals surface area contributed by atoms with E-state index in [1.807, 2.05) is 13.0 Å². The molecule has 1 amide bonds. The topological polar surface area (TPSA) is 126 Å². The smallest absolute Gasteiger partial charge is 0.337 e. The molecule has 1 aliphatic rings. The Labute approximate surface area is 160 Å². The number of rotatable bonds is 4. The number of nitrogens with one attached hydrogen (secondary N) is 1. The summed E-state index contributed by atoms with van der Waals surface area (Å²) in [5.74, 6) is -0.644. The van der Waals surface area contributed by atoms with E-state index in [0.29, 0.717) is 37.3 Å². The van der Waals surface area contributed by atoms with E-state index in [4.69, 9.17) is 0 Å². The number of amides is 1. The number of carbonyl (C=O) groups excluding carboxylic acids is 1. The van der Waals surface area contributed by atoms with E-state index >= 15 is 0 Å². The maximum atomic E-state index is 12.6. The fourth-order valence-electron chi connectivity index (χ4n) is 3.36. The summed E-state index contributed by atoms with van der Waals surface area (Å²) in [5.41, 5.74) is 1.84. The second-order valence-electron chi connectivity index (χ2n) is 6.82. The van der Waals surface area contributed by atoms with E-state index in [9.17, 15) is 14.7 Å². The third-order valence-corrected chi connectivity index (χ3v) is 4.91. The Morgan fingerprint density at radius 3 is 2.71 bits per heavy atom. The van der Waals surface area contributed by atoms with Crippen molar-refractivity contribution in [2.45, 2.75) is 19.8 Å². The number of piperidine rings is 1. The van der Waals surface area contributed by atoms with Gasteiger partial charge in [-0.1, -0.05) is 11.6 Å². The van der Waals surface area contributed by atoms with Crippen LogP contribution in [0.1, 0.15) is 28.8 Å². The number of carboxylic acids is 1. The van der Waals surface area contributed by atoms with Crippen LogP contribution < -0.4 is 10.2 Å². The predicted molar refractivity (Wildman–Crippen MR) is 100 cm³/mol. The van der Waals surface area contributed by atoms with E-state index in [1.54, 1.807) is 24.3 Å². The molecule has 0 bridgehead atoms. The van der Waals surface area contributed by atoms with Crippen LogP contribution in [-0.2, 0) is 4.79 Å². The molecule has 28 heavy (non-hydrogen) atoms. The van der Waals surface area contributed by atoms with Crippen molar-refractivity contribution in [2.24, 2.45) is 5.92 Å². The van der Waals surface area contributed by atoms with Gasteiger partial charge in [0, 0.05) is 19.0 Å². The molecular weight excluding hydrogens is 362 g/mol. The van der Waals surface area contributed by atoms with E-state index in [0.717, 1.165) is 11.4 Å². The van der Waals surface area contributed by atoms with Gasteiger partial charge in [-0.3, -0.25) is 4.79 Å². The number of tetrazole rings is 1. The fourth-order valence-corrected chi connectivity index (χ4v) is 3.36. The highest BCUT2D eigenvalue weighted by Crippen LogP contribution is 2.24. The molecule has 0 spiro atoms. The molecule has 2 aromatic heterocycles. The van der Waals surface area contributed by atoms with Gasteiger partial charge in [0.2, 0.25) is 5.91 Å². The highest BCUT2D eigenvalue weighted by molar-refractivity contribution is 6.01. The van der Waals surface area contributed by atoms with E-state index in [-0.39, 0.29) is 17.4 Å². The van der Waals surface area contributed by atoms with Gasteiger partial charge < -0.3 is 15.3 Å². The first-order chi connectivity index (χ1) is 13.5. The van der Waals surface area contributed by atoms with Crippen LogP contribution in [0.3, 0.4) is 0 Å². The van der Waals surface area contributed by atoms with Gasteiger partial charge in [0.1, 0.15) is 0 Å². The number of aromatic carboxylic acids is 1. The summed E-state index contributed by atoms with van der Waals surface area (Å²) in [6.07, 6.45) is 1.30. The molecule has 0 saturated carbocycles. The molecule has 3 aromatic rings. The normalized spacial score (nSPS) is 15.0. The van der Waals surface area contributed by atoms with Crippen molar-refractivity contribution in [3.8, 4) is 0 Å². The van der Waals surface area contributed by atoms with Crippen molar-refractivity contribution < 1.29 is 14.7 Å². The molecule has 1 saturated heterocycles. The Morgan fingerprint density at radius 1 is 1.18 bits per heavy atom. The number of fused-ring (bicyclic) bond motifs is 1. The summed E-state index contributed by atoms with van der Waals surface area (Å²) in [7, 11) is 0. The van der Waals surface area contributed by atoms with Gasteiger partial charge in [-0.15, -0.1) is 14.8 Å². The molecule has 1 aliphatic heterocycles. The molecular formula is C18H19N7O3. The molecule has 1 fully saturated rings. The van der Waals surface area contributed by atoms with Gasteiger partial charge >= 0.3 is 5.97 Å². The number of anilines is 2. The first kappa shape index (κ1) is 17.8. The van der Waals surface area contributed by atoms with Gasteiger partial charge in [0.15, 0.2) is 11.5 Å². The van der Waals surface area contributed by atoms with Crippen molar-refractivity contribution in [3.63, 3.8) is 0 Å². The maximum Gasteiger partial charge on any atom is 0.337 e. The lowest BCUT2D eigenvalue weighted by Crippen LogP contribution is -2.39. The number of carboxylic acid groups (broad SMARTS) is 1. The zero-order chi connectivity index (χ0) is 19.7. The average molecular weight is 381 g/mol. The quantitative estimate of drug-likeness (QED) is 0.694. The van der Waals surface area contributed by atoms with Gasteiger partial charge in [-0.05, 0) is 54.5 Å². The Kier molecular flexibility index (Phi) is 4.60. The van der Waals surface area contributed by atoms with Gasteiger partial charge in [-0.2, -0.15) is 0 Å². The molecule has 3 heterocycles. The lowest BCUT2D eigenvalue weighted by molar-refractivity contribution is -0.120. The van der Waals surface area contributed by atoms with E-state index in [2.05, 4.69) is 30.8 Å². The van der Waals surface area contributed by atoms with Crippen LogP contribution >= 0.6 is 0 Å². The first-order valence-corrected chi connectivity index (χ1v) is 8.96. The summed E-state index contributed by atoms with van der Waals surface area (Å²) in [6, 6.07) is 8.63. The highest BCUT2D eigenvalue weighted by atomic mass is 16.4. The molecule has 0 radical (unpaired) electrons. The van der Waals surface area contributed by atoms with Crippen LogP contribution in [0.2, 0.25) is 0 Å². The minimum Gasteiger partial charge on any atom is -0.478 e. The molecule has 10 heteroatoms. The second-order valence-corrected chi connectivity index (χ2v) is 6.82. The zero-order valence-corrected chi connectivity index (χ0v) is 15.2. The van der Waals surface area contributed by atoms with Gasteiger partial charge in [0.25, 0.3) is 0 Å². The Hall–Kier alpha value is -3.56. The first-order valence-electron chi connectivity index (χ1n) is 8.96. The molecule has 0 aliphatic carbocycles. The molecule has 4 rings (SSSR count). The molecule has 0 atom stereocenters. The second kappa shape index (κ2) is 7.22. The standard InChI is InChI=1S/C18H19N7O3/c1-11-2-3-14(13(10-11)18(27)28)19-17(26)12-6-8-24(9-7-12)16-5-4-15-20-22-23-25(15)21-16/h2-5,10,12H,6-9H2,1H3,(H,19,26)(H,27,28). The molecule has 144 valence electrons. The Morgan fingerprint density at radius 2 is 1.96 bits per heavy atom. The average Bonchev–Trinajstić information content (AvgIpc) is 3.17. The maximum absolute atomic E-state index is 12.6. The van der Waals surface area contributed by atoms with Gasteiger partial charge in [-0.25, -0.2) is 4.79 Å². The fraction of sp³-hybridized carbons (Fsp3) is 0.333. The largest absolute Gasteiger partial charge is 0.478 e. The van der Waals surface area contributed by atoms with Crippen LogP contribution in [-0.4, -0.2) is 55.3 Å². The number of hydrogen-bond acceptors (Lipinski definition) is 7. The number of carbonyl (C=O) groups is 2. The number of benzene rings is 1. The van der Waals surface area contributed by atoms with Crippen LogP contribution in [0.15, 0.2) is 30.3 Å². The summed E-state index contributed by atoms with van der Waals surface area (Å²) < 4.78 is 1.37. The van der Waals surface area contributed by atoms with Crippen molar-refractivity contribution in [2.75, 3.05) is 23.3 Å². The third kappa shape index (κ3) is 3.48. The lowest BCUT2D eigenvalue weighted by Gasteiger charge is -2.31. The molecule has 0 unspecified atom stereocenters. The lowest BCUT2D eigenvalue weighted by atomic mass is 9.95. The SMILES string of the molecule is Cc1ccc(NC(=O)C2CCN(c3ccc4nnnn4n3)CC2)c(C(=O)O)c1. The summed E-state index contributed by atoms with van der Waals surface area (Å²) >= 11 is 0. The minimum absolute atomic E-state index is 0.102. The number of aryl methyl sites for hydroxylation is 1. The van der Waals surface area contributed by atoms with Crippen molar-refractivity contribution in [1.82, 2.24) is 25.3 Å². The summed E-state index contributed by atoms with van der Waals surface area (Å²) in [4.78, 5) is 26.1. The minimum atomic E-state index is -1.06. The zero-order valence-electron chi connectivity index (χ0n) is 15.2. The molecule has 10 nitrogen and oxygen atoms in total. The molecule has 1 aromatic carbocycles. The number of nitrogens with zero attached hydrogens (tertiary/aromatic N) is 6. The van der Waals surface area contributed by atoms with E-state index in [1.165, 1.54) is 4.63 Å². The van der Waals surface area contributed by atoms with Crippen molar-refractivity contribution in [1.29, 1.82) is 0 Å². The monoisotopic (exact) mass is 381 g/mol. The van der Waals surface area contributed by atoms with Crippen LogP contribution in [0.4, 0.5) is 11.5 Å². The number of hydrogen-bond donors (Lipinski definition) is 2. The van der Waals surface area contributed by atoms with Crippen LogP contribution in [0, 0.1) is 12.8 Å². The summed E-state index contributed by atoms with van der Waals surface area (Å²) in [6.45, 7) is 3.14. The predicted octanol–water partition coefficient (Wildman–Crippen LogP) is 1.38. The number of aromatic nitrogens is 5.